The molecule has 1 saturated heterocycles. The number of carbonyl (C=O) groups is 1. The zero-order chi connectivity index (χ0) is 17.2. The van der Waals surface area contributed by atoms with E-state index in [-0.39, 0.29) is 15.9 Å². The molecule has 0 aliphatic carbocycles. The number of anilines is 1. The molecule has 0 bridgehead atoms. The summed E-state index contributed by atoms with van der Waals surface area (Å²) >= 11 is 1.09. The molecule has 0 unspecified atom stereocenters. The number of aromatic nitrogens is 1. The van der Waals surface area contributed by atoms with Gasteiger partial charge in [0.25, 0.3) is 15.9 Å². The van der Waals surface area contributed by atoms with E-state index in [1.165, 1.54) is 12.1 Å². The summed E-state index contributed by atoms with van der Waals surface area (Å²) < 4.78 is 27.2. The molecule has 1 aliphatic heterocycles. The van der Waals surface area contributed by atoms with E-state index in [9.17, 15) is 13.2 Å². The number of likely N-dealkylation sites (tertiary alicyclic amines) is 1. The van der Waals surface area contributed by atoms with Crippen molar-refractivity contribution in [2.24, 2.45) is 0 Å². The number of rotatable bonds is 4. The van der Waals surface area contributed by atoms with Gasteiger partial charge >= 0.3 is 0 Å². The van der Waals surface area contributed by atoms with Crippen molar-refractivity contribution in [1.82, 2.24) is 9.88 Å². The van der Waals surface area contributed by atoms with Crippen LogP contribution in [0.3, 0.4) is 0 Å². The maximum absolute atomic E-state index is 12.6. The Kier molecular flexibility index (Phi) is 4.86. The Labute approximate surface area is 145 Å². The number of nitrogens with zero attached hydrogens (tertiary/aromatic N) is 2. The Balaban J connectivity index is 1.80. The molecular formula is C16H19N3O3S2. The summed E-state index contributed by atoms with van der Waals surface area (Å²) in [7, 11) is -3.69. The third-order valence-electron chi connectivity index (χ3n) is 3.91. The maximum atomic E-state index is 12.6. The van der Waals surface area contributed by atoms with E-state index in [1.54, 1.807) is 25.1 Å². The van der Waals surface area contributed by atoms with E-state index in [0.717, 1.165) is 43.7 Å². The predicted molar refractivity (Wildman–Crippen MR) is 93.9 cm³/mol. The first-order valence-electron chi connectivity index (χ1n) is 7.82. The topological polar surface area (TPSA) is 79.4 Å². The largest absolute Gasteiger partial charge is 0.338 e. The fourth-order valence-electron chi connectivity index (χ4n) is 2.65. The lowest BCUT2D eigenvalue weighted by atomic mass is 10.1. The lowest BCUT2D eigenvalue weighted by molar-refractivity contribution is 0.0728. The predicted octanol–water partition coefficient (Wildman–Crippen LogP) is 2.88. The summed E-state index contributed by atoms with van der Waals surface area (Å²) in [5.41, 5.74) is 0.557. The number of nitrogens with one attached hydrogen (secondary N) is 1. The van der Waals surface area contributed by atoms with Gasteiger partial charge in [-0.3, -0.25) is 9.52 Å². The number of sulfonamides is 1. The first-order valence-corrected chi connectivity index (χ1v) is 10.1. The van der Waals surface area contributed by atoms with Gasteiger partial charge in [-0.2, -0.15) is 0 Å². The van der Waals surface area contributed by atoms with Crippen molar-refractivity contribution in [3.8, 4) is 0 Å². The van der Waals surface area contributed by atoms with Crippen molar-refractivity contribution in [2.45, 2.75) is 31.1 Å². The monoisotopic (exact) mass is 365 g/mol. The second-order valence-corrected chi connectivity index (χ2v) is 8.39. The van der Waals surface area contributed by atoms with Crippen LogP contribution in [-0.4, -0.2) is 37.3 Å². The third kappa shape index (κ3) is 3.59. The van der Waals surface area contributed by atoms with Crippen LogP contribution in [0, 0.1) is 6.92 Å². The van der Waals surface area contributed by atoms with Crippen LogP contribution in [0.1, 0.15) is 34.6 Å². The highest BCUT2D eigenvalue weighted by molar-refractivity contribution is 7.93. The average molecular weight is 365 g/mol. The van der Waals surface area contributed by atoms with Gasteiger partial charge in [0.2, 0.25) is 0 Å². The summed E-state index contributed by atoms with van der Waals surface area (Å²) in [5, 5.41) is 0.219. The first kappa shape index (κ1) is 16.9. The van der Waals surface area contributed by atoms with Crippen molar-refractivity contribution in [1.29, 1.82) is 0 Å². The minimum atomic E-state index is -3.69. The lowest BCUT2D eigenvalue weighted by Gasteiger charge is -2.26. The molecule has 1 aromatic heterocycles. The normalized spacial score (nSPS) is 15.3. The zero-order valence-electron chi connectivity index (χ0n) is 13.4. The fourth-order valence-corrected chi connectivity index (χ4v) is 4.84. The molecule has 2 aromatic rings. The number of aryl methyl sites for hydroxylation is 1. The number of thiazole rings is 1. The van der Waals surface area contributed by atoms with Gasteiger partial charge in [-0.25, -0.2) is 13.4 Å². The van der Waals surface area contributed by atoms with Gasteiger partial charge in [-0.15, -0.1) is 0 Å². The standard InChI is InChI=1S/C16H19N3O3S2/c1-12-14(15(20)19-10-6-3-7-11-19)23-16(17-12)18-24(21,22)13-8-4-2-5-9-13/h2,4-5,8-9H,3,6-7,10-11H2,1H3,(H,17,18). The van der Waals surface area contributed by atoms with Gasteiger partial charge in [0, 0.05) is 13.1 Å². The number of carbonyl (C=O) groups excluding carboxylic acids is 1. The highest BCUT2D eigenvalue weighted by atomic mass is 32.2. The van der Waals surface area contributed by atoms with Crippen LogP contribution in [0.4, 0.5) is 5.13 Å². The van der Waals surface area contributed by atoms with Gasteiger partial charge in [0.05, 0.1) is 10.6 Å². The maximum Gasteiger partial charge on any atom is 0.265 e. The molecule has 1 N–H and O–H groups in total. The van der Waals surface area contributed by atoms with Crippen LogP contribution >= 0.6 is 11.3 Å². The Bertz CT molecular complexity index is 826. The molecule has 0 saturated carbocycles. The van der Waals surface area contributed by atoms with Gasteiger partial charge < -0.3 is 4.90 Å². The molecule has 1 fully saturated rings. The van der Waals surface area contributed by atoms with Gasteiger partial charge in [0.1, 0.15) is 4.88 Å². The van der Waals surface area contributed by atoms with Crippen LogP contribution in [0.25, 0.3) is 0 Å². The van der Waals surface area contributed by atoms with Crippen LogP contribution < -0.4 is 4.72 Å². The Hall–Kier alpha value is -1.93. The summed E-state index contributed by atoms with van der Waals surface area (Å²) in [6, 6.07) is 8.10. The number of hydrogen-bond donors (Lipinski definition) is 1. The SMILES string of the molecule is Cc1nc(NS(=O)(=O)c2ccccc2)sc1C(=O)N1CCCCC1. The van der Waals surface area contributed by atoms with Crippen molar-refractivity contribution >= 4 is 32.4 Å². The minimum absolute atomic E-state index is 0.0603. The van der Waals surface area contributed by atoms with Crippen molar-refractivity contribution < 1.29 is 13.2 Å². The second-order valence-electron chi connectivity index (χ2n) is 5.70. The molecule has 1 aromatic carbocycles. The molecule has 1 aliphatic rings. The lowest BCUT2D eigenvalue weighted by Crippen LogP contribution is -2.35. The Morgan fingerprint density at radius 1 is 1.17 bits per heavy atom. The van der Waals surface area contributed by atoms with E-state index in [0.29, 0.717) is 10.6 Å². The molecule has 8 heteroatoms. The van der Waals surface area contributed by atoms with Crippen LogP contribution in [-0.2, 0) is 10.0 Å². The van der Waals surface area contributed by atoms with E-state index >= 15 is 0 Å². The number of hydrogen-bond acceptors (Lipinski definition) is 5. The molecule has 0 radical (unpaired) electrons. The molecule has 0 atom stereocenters. The van der Waals surface area contributed by atoms with Gasteiger partial charge in [-0.1, -0.05) is 29.5 Å². The zero-order valence-corrected chi connectivity index (χ0v) is 15.0. The quantitative estimate of drug-likeness (QED) is 0.903. The van der Waals surface area contributed by atoms with Crippen LogP contribution in [0.15, 0.2) is 35.2 Å². The van der Waals surface area contributed by atoms with E-state index < -0.39 is 10.0 Å². The molecule has 3 rings (SSSR count). The van der Waals surface area contributed by atoms with E-state index in [1.807, 2.05) is 4.90 Å². The van der Waals surface area contributed by atoms with E-state index in [4.69, 9.17) is 0 Å². The van der Waals surface area contributed by atoms with E-state index in [2.05, 4.69) is 9.71 Å². The average Bonchev–Trinajstić information content (AvgIpc) is 2.95. The Morgan fingerprint density at radius 3 is 2.50 bits per heavy atom. The van der Waals surface area contributed by atoms with Crippen LogP contribution in [0.5, 0.6) is 0 Å². The van der Waals surface area contributed by atoms with Crippen molar-refractivity contribution in [3.05, 3.63) is 40.9 Å². The van der Waals surface area contributed by atoms with Gasteiger partial charge in [-0.05, 0) is 38.3 Å². The summed E-state index contributed by atoms with van der Waals surface area (Å²) in [5.74, 6) is -0.0603. The number of piperidine rings is 1. The number of benzene rings is 1. The molecule has 24 heavy (non-hydrogen) atoms. The molecule has 0 spiro atoms. The van der Waals surface area contributed by atoms with Crippen LogP contribution in [0.2, 0.25) is 0 Å². The molecule has 2 heterocycles. The minimum Gasteiger partial charge on any atom is -0.338 e. The molecule has 1 amide bonds. The summed E-state index contributed by atoms with van der Waals surface area (Å²) in [6.45, 7) is 3.23. The highest BCUT2D eigenvalue weighted by Crippen LogP contribution is 2.27. The fraction of sp³-hybridized carbons (Fsp3) is 0.375. The third-order valence-corrected chi connectivity index (χ3v) is 6.45. The summed E-state index contributed by atoms with van der Waals surface area (Å²) in [6.07, 6.45) is 3.17. The Morgan fingerprint density at radius 2 is 1.83 bits per heavy atom. The first-order chi connectivity index (χ1) is 11.5. The highest BCUT2D eigenvalue weighted by Gasteiger charge is 2.24. The van der Waals surface area contributed by atoms with Crippen molar-refractivity contribution in [2.75, 3.05) is 17.8 Å². The number of amides is 1. The smallest absolute Gasteiger partial charge is 0.265 e. The van der Waals surface area contributed by atoms with Crippen molar-refractivity contribution in [3.63, 3.8) is 0 Å². The molecule has 6 nitrogen and oxygen atoms in total. The molecule has 128 valence electrons. The summed E-state index contributed by atoms with van der Waals surface area (Å²) in [4.78, 5) is 19.3. The van der Waals surface area contributed by atoms with Gasteiger partial charge in [0.15, 0.2) is 5.13 Å². The second kappa shape index (κ2) is 6.90. The molecular weight excluding hydrogens is 346 g/mol.